The van der Waals surface area contributed by atoms with Gasteiger partial charge in [-0.2, -0.15) is 0 Å². The predicted octanol–water partition coefficient (Wildman–Crippen LogP) is -0.0379. The van der Waals surface area contributed by atoms with Crippen molar-refractivity contribution < 1.29 is 13.2 Å². The molecular formula is C10H15N3O3S. The fourth-order valence-electron chi connectivity index (χ4n) is 1.30. The SMILES string of the molecule is CCNC(=O)C(C)S(=O)(=O)c1ccncc1N. The van der Waals surface area contributed by atoms with E-state index in [-0.39, 0.29) is 10.6 Å². The van der Waals surface area contributed by atoms with E-state index in [1.54, 1.807) is 6.92 Å². The van der Waals surface area contributed by atoms with Crippen LogP contribution in [0.2, 0.25) is 0 Å². The lowest BCUT2D eigenvalue weighted by Crippen LogP contribution is -2.37. The minimum atomic E-state index is -3.77. The number of anilines is 1. The van der Waals surface area contributed by atoms with Crippen LogP contribution in [-0.4, -0.2) is 31.1 Å². The smallest absolute Gasteiger partial charge is 0.238 e. The maximum absolute atomic E-state index is 12.1. The largest absolute Gasteiger partial charge is 0.396 e. The average molecular weight is 257 g/mol. The molecule has 0 aliphatic carbocycles. The molecule has 0 aliphatic rings. The van der Waals surface area contributed by atoms with Crippen LogP contribution < -0.4 is 11.1 Å². The summed E-state index contributed by atoms with van der Waals surface area (Å²) in [6.45, 7) is 3.43. The lowest BCUT2D eigenvalue weighted by atomic mass is 10.4. The number of carbonyl (C=O) groups is 1. The first kappa shape index (κ1) is 13.4. The van der Waals surface area contributed by atoms with Crippen molar-refractivity contribution in [1.29, 1.82) is 0 Å². The maximum atomic E-state index is 12.1. The fraction of sp³-hybridized carbons (Fsp3) is 0.400. The highest BCUT2D eigenvalue weighted by atomic mass is 32.2. The summed E-state index contributed by atoms with van der Waals surface area (Å²) in [5.74, 6) is -0.538. The van der Waals surface area contributed by atoms with Gasteiger partial charge in [0.05, 0.1) is 16.8 Å². The Balaban J connectivity index is 3.12. The Morgan fingerprint density at radius 1 is 1.59 bits per heavy atom. The number of nitrogen functional groups attached to an aromatic ring is 1. The van der Waals surface area contributed by atoms with Gasteiger partial charge in [0.2, 0.25) is 5.91 Å². The highest BCUT2D eigenvalue weighted by Crippen LogP contribution is 2.21. The molecule has 1 heterocycles. The second-order valence-corrected chi connectivity index (χ2v) is 5.73. The van der Waals surface area contributed by atoms with Crippen LogP contribution in [0.5, 0.6) is 0 Å². The van der Waals surface area contributed by atoms with Crippen LogP contribution in [0.3, 0.4) is 0 Å². The van der Waals surface area contributed by atoms with Crippen LogP contribution in [0, 0.1) is 0 Å². The Bertz CT molecular complexity index is 513. The van der Waals surface area contributed by atoms with E-state index in [2.05, 4.69) is 10.3 Å². The number of nitrogens with two attached hydrogens (primary N) is 1. The Morgan fingerprint density at radius 3 is 2.76 bits per heavy atom. The van der Waals surface area contributed by atoms with Gasteiger partial charge in [0.1, 0.15) is 5.25 Å². The molecule has 6 nitrogen and oxygen atoms in total. The molecule has 0 aliphatic heterocycles. The van der Waals surface area contributed by atoms with Crippen molar-refractivity contribution in [3.8, 4) is 0 Å². The Hall–Kier alpha value is -1.63. The number of carbonyl (C=O) groups excluding carboxylic acids is 1. The van der Waals surface area contributed by atoms with Gasteiger partial charge in [-0.3, -0.25) is 9.78 Å². The zero-order chi connectivity index (χ0) is 13.1. The average Bonchev–Trinajstić information content (AvgIpc) is 2.28. The zero-order valence-electron chi connectivity index (χ0n) is 9.67. The summed E-state index contributed by atoms with van der Waals surface area (Å²) in [6, 6.07) is 1.29. The van der Waals surface area contributed by atoms with Gasteiger partial charge in [-0.05, 0) is 19.9 Å². The molecule has 94 valence electrons. The molecule has 0 spiro atoms. The Labute approximate surface area is 100 Å². The molecule has 0 aromatic carbocycles. The number of pyridine rings is 1. The number of aromatic nitrogens is 1. The standard InChI is InChI=1S/C10H15N3O3S/c1-3-13-10(14)7(2)17(15,16)9-4-5-12-6-8(9)11/h4-7H,3,11H2,1-2H3,(H,13,14). The van der Waals surface area contributed by atoms with Crippen molar-refractivity contribution in [2.45, 2.75) is 24.0 Å². The Kier molecular flexibility index (Phi) is 4.06. The monoisotopic (exact) mass is 257 g/mol. The van der Waals surface area contributed by atoms with Gasteiger partial charge in [0.25, 0.3) is 0 Å². The third kappa shape index (κ3) is 2.73. The van der Waals surface area contributed by atoms with Crippen molar-refractivity contribution in [1.82, 2.24) is 10.3 Å². The van der Waals surface area contributed by atoms with Crippen LogP contribution in [0.1, 0.15) is 13.8 Å². The van der Waals surface area contributed by atoms with Gasteiger partial charge in [-0.25, -0.2) is 8.42 Å². The van der Waals surface area contributed by atoms with Crippen molar-refractivity contribution in [3.05, 3.63) is 18.5 Å². The molecule has 1 rings (SSSR count). The summed E-state index contributed by atoms with van der Waals surface area (Å²) >= 11 is 0. The van der Waals surface area contributed by atoms with E-state index < -0.39 is 21.0 Å². The van der Waals surface area contributed by atoms with Gasteiger partial charge in [-0.1, -0.05) is 0 Å². The summed E-state index contributed by atoms with van der Waals surface area (Å²) in [6.07, 6.45) is 2.57. The van der Waals surface area contributed by atoms with Crippen molar-refractivity contribution in [3.63, 3.8) is 0 Å². The molecular weight excluding hydrogens is 242 g/mol. The first-order valence-corrected chi connectivity index (χ1v) is 6.67. The van der Waals surface area contributed by atoms with Crippen molar-refractivity contribution in [2.24, 2.45) is 0 Å². The molecule has 1 unspecified atom stereocenters. The van der Waals surface area contributed by atoms with E-state index in [0.29, 0.717) is 6.54 Å². The summed E-state index contributed by atoms with van der Waals surface area (Å²) in [5, 5.41) is 1.29. The van der Waals surface area contributed by atoms with Gasteiger partial charge >= 0.3 is 0 Å². The van der Waals surface area contributed by atoms with Gasteiger partial charge < -0.3 is 11.1 Å². The van der Waals surface area contributed by atoms with E-state index in [9.17, 15) is 13.2 Å². The number of nitrogens with zero attached hydrogens (tertiary/aromatic N) is 1. The molecule has 3 N–H and O–H groups in total. The number of nitrogens with one attached hydrogen (secondary N) is 1. The summed E-state index contributed by atoms with van der Waals surface area (Å²) in [7, 11) is -3.77. The number of sulfone groups is 1. The van der Waals surface area contributed by atoms with E-state index in [0.717, 1.165) is 0 Å². The van der Waals surface area contributed by atoms with E-state index in [4.69, 9.17) is 5.73 Å². The van der Waals surface area contributed by atoms with Crippen LogP contribution >= 0.6 is 0 Å². The first-order valence-electron chi connectivity index (χ1n) is 5.12. The zero-order valence-corrected chi connectivity index (χ0v) is 10.5. The number of amides is 1. The van der Waals surface area contributed by atoms with E-state index in [1.165, 1.54) is 25.4 Å². The lowest BCUT2D eigenvalue weighted by Gasteiger charge is -2.13. The number of hydrogen-bond acceptors (Lipinski definition) is 5. The Morgan fingerprint density at radius 2 is 2.24 bits per heavy atom. The third-order valence-corrected chi connectivity index (χ3v) is 4.43. The van der Waals surface area contributed by atoms with Gasteiger partial charge in [0.15, 0.2) is 9.84 Å². The molecule has 0 fully saturated rings. The molecule has 0 bridgehead atoms. The molecule has 0 saturated carbocycles. The highest BCUT2D eigenvalue weighted by Gasteiger charge is 2.30. The molecule has 1 amide bonds. The second kappa shape index (κ2) is 5.13. The van der Waals surface area contributed by atoms with Crippen LogP contribution in [-0.2, 0) is 14.6 Å². The topological polar surface area (TPSA) is 102 Å². The minimum Gasteiger partial charge on any atom is -0.396 e. The molecule has 0 saturated heterocycles. The van der Waals surface area contributed by atoms with Gasteiger partial charge in [0, 0.05) is 12.7 Å². The van der Waals surface area contributed by atoms with Crippen LogP contribution in [0.25, 0.3) is 0 Å². The quantitative estimate of drug-likeness (QED) is 0.788. The molecule has 1 aromatic rings. The number of hydrogen-bond donors (Lipinski definition) is 2. The van der Waals surface area contributed by atoms with Crippen LogP contribution in [0.15, 0.2) is 23.4 Å². The summed E-state index contributed by atoms with van der Waals surface area (Å²) in [4.78, 5) is 15.2. The van der Waals surface area contributed by atoms with Gasteiger partial charge in [-0.15, -0.1) is 0 Å². The van der Waals surface area contributed by atoms with Crippen molar-refractivity contribution in [2.75, 3.05) is 12.3 Å². The molecule has 17 heavy (non-hydrogen) atoms. The number of rotatable bonds is 4. The minimum absolute atomic E-state index is 0.0450. The van der Waals surface area contributed by atoms with Crippen LogP contribution in [0.4, 0.5) is 5.69 Å². The maximum Gasteiger partial charge on any atom is 0.238 e. The lowest BCUT2D eigenvalue weighted by molar-refractivity contribution is -0.120. The first-order chi connectivity index (χ1) is 7.91. The summed E-state index contributed by atoms with van der Waals surface area (Å²) in [5.41, 5.74) is 5.59. The molecule has 0 radical (unpaired) electrons. The second-order valence-electron chi connectivity index (χ2n) is 3.50. The summed E-state index contributed by atoms with van der Waals surface area (Å²) < 4.78 is 24.2. The van der Waals surface area contributed by atoms with E-state index >= 15 is 0 Å². The predicted molar refractivity (Wildman–Crippen MR) is 64.0 cm³/mol. The van der Waals surface area contributed by atoms with Crippen molar-refractivity contribution >= 4 is 21.4 Å². The molecule has 1 atom stereocenters. The molecule has 1 aromatic heterocycles. The highest BCUT2D eigenvalue weighted by molar-refractivity contribution is 7.93. The fourth-order valence-corrected chi connectivity index (χ4v) is 2.68. The third-order valence-electron chi connectivity index (χ3n) is 2.30. The molecule has 7 heteroatoms. The van der Waals surface area contributed by atoms with E-state index in [1.807, 2.05) is 0 Å². The normalized spacial score (nSPS) is 13.1.